The second kappa shape index (κ2) is 3.70. The molecule has 4 nitrogen and oxygen atoms in total. The first-order valence-electron chi connectivity index (χ1n) is 5.95. The molecule has 0 aromatic carbocycles. The Labute approximate surface area is 96.3 Å². The molecule has 3 rings (SSSR count). The molecule has 0 spiro atoms. The quantitative estimate of drug-likeness (QED) is 0.697. The monoisotopic (exact) mass is 218 g/mol. The molecule has 0 amide bonds. The van der Waals surface area contributed by atoms with Gasteiger partial charge in [0.1, 0.15) is 0 Å². The van der Waals surface area contributed by atoms with Crippen molar-refractivity contribution in [2.45, 2.75) is 6.92 Å². The second-order valence-corrected chi connectivity index (χ2v) is 5.14. The van der Waals surface area contributed by atoms with Crippen molar-refractivity contribution in [2.24, 2.45) is 11.8 Å². The van der Waals surface area contributed by atoms with Crippen LogP contribution in [0.2, 0.25) is 0 Å². The maximum absolute atomic E-state index is 4.50. The largest absolute Gasteiger partial charge is 0.340 e. The van der Waals surface area contributed by atoms with Gasteiger partial charge in [0.05, 0.1) is 0 Å². The number of anilines is 1. The van der Waals surface area contributed by atoms with E-state index in [0.29, 0.717) is 0 Å². The Hall–Kier alpha value is -1.16. The molecular formula is C12H18N4. The van der Waals surface area contributed by atoms with Crippen LogP contribution in [0.15, 0.2) is 12.3 Å². The lowest BCUT2D eigenvalue weighted by molar-refractivity contribution is 0.386. The van der Waals surface area contributed by atoms with E-state index in [2.05, 4.69) is 26.8 Å². The van der Waals surface area contributed by atoms with E-state index in [4.69, 9.17) is 0 Å². The Balaban J connectivity index is 1.75. The average molecular weight is 218 g/mol. The van der Waals surface area contributed by atoms with Crippen LogP contribution in [0.25, 0.3) is 0 Å². The summed E-state index contributed by atoms with van der Waals surface area (Å²) in [6.07, 6.45) is 1.86. The molecule has 1 aromatic heterocycles. The summed E-state index contributed by atoms with van der Waals surface area (Å²) in [6, 6.07) is 1.95. The molecule has 86 valence electrons. The number of rotatable bonds is 1. The Bertz CT molecular complexity index is 378. The highest BCUT2D eigenvalue weighted by Gasteiger charge is 2.39. The Morgan fingerprint density at radius 3 is 2.50 bits per heavy atom. The second-order valence-electron chi connectivity index (χ2n) is 5.14. The van der Waals surface area contributed by atoms with Crippen molar-refractivity contribution in [1.82, 2.24) is 14.9 Å². The summed E-state index contributed by atoms with van der Waals surface area (Å²) in [4.78, 5) is 13.6. The number of fused-ring (bicyclic) bond motifs is 1. The molecule has 3 heterocycles. The summed E-state index contributed by atoms with van der Waals surface area (Å²) in [5, 5.41) is 0. The van der Waals surface area contributed by atoms with Gasteiger partial charge in [-0.2, -0.15) is 0 Å². The third-order valence-electron chi connectivity index (χ3n) is 3.73. The molecule has 2 aliphatic rings. The van der Waals surface area contributed by atoms with Crippen molar-refractivity contribution in [2.75, 3.05) is 38.1 Å². The van der Waals surface area contributed by atoms with E-state index in [0.717, 1.165) is 36.6 Å². The van der Waals surface area contributed by atoms with Crippen molar-refractivity contribution in [3.8, 4) is 0 Å². The van der Waals surface area contributed by atoms with E-state index >= 15 is 0 Å². The van der Waals surface area contributed by atoms with Crippen LogP contribution in [0.4, 0.5) is 5.95 Å². The summed E-state index contributed by atoms with van der Waals surface area (Å²) in [5.74, 6) is 2.54. The first kappa shape index (κ1) is 10.0. The molecule has 0 saturated carbocycles. The van der Waals surface area contributed by atoms with Gasteiger partial charge in [0.2, 0.25) is 5.95 Å². The number of nitrogens with zero attached hydrogens (tertiary/aromatic N) is 4. The lowest BCUT2D eigenvalue weighted by Gasteiger charge is -2.19. The molecule has 0 radical (unpaired) electrons. The molecule has 0 bridgehead atoms. The zero-order chi connectivity index (χ0) is 11.1. The van der Waals surface area contributed by atoms with Crippen LogP contribution in [0, 0.1) is 18.8 Å². The van der Waals surface area contributed by atoms with Gasteiger partial charge in [-0.25, -0.2) is 9.97 Å². The normalized spacial score (nSPS) is 29.8. The van der Waals surface area contributed by atoms with Gasteiger partial charge in [-0.05, 0) is 31.9 Å². The highest BCUT2D eigenvalue weighted by molar-refractivity contribution is 5.33. The van der Waals surface area contributed by atoms with E-state index in [1.807, 2.05) is 19.2 Å². The van der Waals surface area contributed by atoms with Gasteiger partial charge in [0, 0.05) is 38.1 Å². The highest BCUT2D eigenvalue weighted by atomic mass is 15.3. The summed E-state index contributed by atoms with van der Waals surface area (Å²) in [7, 11) is 2.21. The zero-order valence-electron chi connectivity index (χ0n) is 9.93. The van der Waals surface area contributed by atoms with Crippen molar-refractivity contribution in [3.05, 3.63) is 18.0 Å². The Morgan fingerprint density at radius 1 is 1.19 bits per heavy atom. The molecular weight excluding hydrogens is 200 g/mol. The van der Waals surface area contributed by atoms with Gasteiger partial charge < -0.3 is 9.80 Å². The molecule has 2 saturated heterocycles. The first-order chi connectivity index (χ1) is 7.72. The van der Waals surface area contributed by atoms with Crippen molar-refractivity contribution >= 4 is 5.95 Å². The predicted molar refractivity (Wildman–Crippen MR) is 63.5 cm³/mol. The molecule has 1 unspecified atom stereocenters. The van der Waals surface area contributed by atoms with E-state index in [-0.39, 0.29) is 0 Å². The lowest BCUT2D eigenvalue weighted by atomic mass is 10.0. The maximum atomic E-state index is 4.50. The van der Waals surface area contributed by atoms with Crippen LogP contribution in [-0.2, 0) is 0 Å². The molecule has 1 aromatic rings. The standard InChI is InChI=1S/C12H18N4/c1-9-3-4-13-12(14-9)16-7-10-5-15(2)6-11(10)8-16/h3-4,10-11H,5-8H2,1-2H3/t10-,11?/m0/s1. The number of aryl methyl sites for hydroxylation is 1. The molecule has 2 atom stereocenters. The third kappa shape index (κ3) is 1.67. The highest BCUT2D eigenvalue weighted by Crippen LogP contribution is 2.31. The van der Waals surface area contributed by atoms with Crippen LogP contribution in [-0.4, -0.2) is 48.1 Å². The van der Waals surface area contributed by atoms with E-state index in [1.165, 1.54) is 13.1 Å². The zero-order valence-corrected chi connectivity index (χ0v) is 9.93. The van der Waals surface area contributed by atoms with Crippen molar-refractivity contribution in [1.29, 1.82) is 0 Å². The smallest absolute Gasteiger partial charge is 0.225 e. The van der Waals surface area contributed by atoms with Gasteiger partial charge in [0.25, 0.3) is 0 Å². The number of likely N-dealkylation sites (tertiary alicyclic amines) is 1. The van der Waals surface area contributed by atoms with Crippen LogP contribution in [0.3, 0.4) is 0 Å². The molecule has 2 aliphatic heterocycles. The van der Waals surface area contributed by atoms with Crippen molar-refractivity contribution in [3.63, 3.8) is 0 Å². The molecule has 16 heavy (non-hydrogen) atoms. The summed E-state index contributed by atoms with van der Waals surface area (Å²) >= 11 is 0. The molecule has 2 fully saturated rings. The minimum absolute atomic E-state index is 0.814. The molecule has 0 N–H and O–H groups in total. The summed E-state index contributed by atoms with van der Waals surface area (Å²) in [5.41, 5.74) is 1.05. The van der Waals surface area contributed by atoms with Gasteiger partial charge in [-0.15, -0.1) is 0 Å². The topological polar surface area (TPSA) is 32.3 Å². The van der Waals surface area contributed by atoms with E-state index < -0.39 is 0 Å². The van der Waals surface area contributed by atoms with Crippen LogP contribution < -0.4 is 4.90 Å². The van der Waals surface area contributed by atoms with Gasteiger partial charge >= 0.3 is 0 Å². The fourth-order valence-electron chi connectivity index (χ4n) is 2.98. The van der Waals surface area contributed by atoms with Crippen molar-refractivity contribution < 1.29 is 0 Å². The minimum atomic E-state index is 0.814. The van der Waals surface area contributed by atoms with E-state index in [9.17, 15) is 0 Å². The number of hydrogen-bond donors (Lipinski definition) is 0. The Kier molecular flexibility index (Phi) is 2.32. The van der Waals surface area contributed by atoms with Gasteiger partial charge in [-0.1, -0.05) is 0 Å². The van der Waals surface area contributed by atoms with Gasteiger partial charge in [-0.3, -0.25) is 0 Å². The SMILES string of the molecule is Cc1ccnc(N2CC3CN(C)C[C@H]3C2)n1. The lowest BCUT2D eigenvalue weighted by Crippen LogP contribution is -2.28. The molecule has 0 aliphatic carbocycles. The minimum Gasteiger partial charge on any atom is -0.340 e. The fraction of sp³-hybridized carbons (Fsp3) is 0.667. The molecule has 4 heteroatoms. The fourth-order valence-corrected chi connectivity index (χ4v) is 2.98. The summed E-state index contributed by atoms with van der Waals surface area (Å²) in [6.45, 7) is 6.73. The third-order valence-corrected chi connectivity index (χ3v) is 3.73. The summed E-state index contributed by atoms with van der Waals surface area (Å²) < 4.78 is 0. The van der Waals surface area contributed by atoms with E-state index in [1.54, 1.807) is 0 Å². The average Bonchev–Trinajstić information content (AvgIpc) is 2.74. The maximum Gasteiger partial charge on any atom is 0.225 e. The number of aromatic nitrogens is 2. The first-order valence-corrected chi connectivity index (χ1v) is 5.95. The van der Waals surface area contributed by atoms with Crippen LogP contribution in [0.1, 0.15) is 5.69 Å². The van der Waals surface area contributed by atoms with Crippen LogP contribution >= 0.6 is 0 Å². The number of hydrogen-bond acceptors (Lipinski definition) is 4. The Morgan fingerprint density at radius 2 is 1.88 bits per heavy atom. The van der Waals surface area contributed by atoms with Gasteiger partial charge in [0.15, 0.2) is 0 Å². The predicted octanol–water partition coefficient (Wildman–Crippen LogP) is 0.783. The van der Waals surface area contributed by atoms with Crippen LogP contribution in [0.5, 0.6) is 0 Å².